The fourth-order valence-electron chi connectivity index (χ4n) is 1.44. The Hall–Kier alpha value is -1.80. The fourth-order valence-corrected chi connectivity index (χ4v) is 2.36. The Bertz CT molecular complexity index is 673. The maximum Gasteiger partial charge on any atom is 0.416 e. The molecule has 1 aromatic heterocycles. The molecule has 0 spiro atoms. The van der Waals surface area contributed by atoms with Gasteiger partial charge in [-0.15, -0.1) is 11.3 Å². The highest BCUT2D eigenvalue weighted by Gasteiger charge is 2.30. The number of halogens is 4. The van der Waals surface area contributed by atoms with Crippen molar-refractivity contribution in [3.05, 3.63) is 39.9 Å². The minimum absolute atomic E-state index is 0.0976. The van der Waals surface area contributed by atoms with Crippen molar-refractivity contribution in [1.29, 1.82) is 0 Å². The van der Waals surface area contributed by atoms with E-state index in [4.69, 9.17) is 11.6 Å². The highest BCUT2D eigenvalue weighted by atomic mass is 35.5. The largest absolute Gasteiger partial charge is 0.464 e. The second-order valence-corrected chi connectivity index (χ2v) is 5.11. The summed E-state index contributed by atoms with van der Waals surface area (Å²) in [4.78, 5) is 15.2. The first-order chi connectivity index (χ1) is 9.81. The first-order valence-corrected chi connectivity index (χ1v) is 6.74. The Balaban J connectivity index is 2.20. The van der Waals surface area contributed by atoms with Crippen LogP contribution in [0.3, 0.4) is 0 Å². The van der Waals surface area contributed by atoms with Gasteiger partial charge in [0.2, 0.25) is 0 Å². The molecule has 4 nitrogen and oxygen atoms in total. The zero-order valence-electron chi connectivity index (χ0n) is 10.5. The molecule has 0 aliphatic carbocycles. The molecule has 0 atom stereocenters. The molecular weight excluding hydrogens is 329 g/mol. The molecule has 0 bridgehead atoms. The highest BCUT2D eigenvalue weighted by molar-refractivity contribution is 7.14. The molecule has 1 heterocycles. The van der Waals surface area contributed by atoms with Gasteiger partial charge in [-0.25, -0.2) is 9.78 Å². The van der Waals surface area contributed by atoms with Gasteiger partial charge in [-0.2, -0.15) is 13.2 Å². The number of carbonyl (C=O) groups is 1. The minimum Gasteiger partial charge on any atom is -0.464 e. The summed E-state index contributed by atoms with van der Waals surface area (Å²) in [5, 5.41) is 4.43. The van der Waals surface area contributed by atoms with Gasteiger partial charge in [-0.1, -0.05) is 11.6 Å². The fraction of sp³-hybridized carbons (Fsp3) is 0.167. The summed E-state index contributed by atoms with van der Waals surface area (Å²) in [6.07, 6.45) is -4.46. The third kappa shape index (κ3) is 3.64. The molecule has 0 saturated carbocycles. The molecule has 21 heavy (non-hydrogen) atoms. The number of ether oxygens (including phenoxy) is 1. The second-order valence-electron chi connectivity index (χ2n) is 3.85. The van der Waals surface area contributed by atoms with Crippen LogP contribution in [0.25, 0.3) is 0 Å². The van der Waals surface area contributed by atoms with E-state index in [9.17, 15) is 18.0 Å². The normalized spacial score (nSPS) is 11.3. The van der Waals surface area contributed by atoms with Gasteiger partial charge in [0, 0.05) is 5.38 Å². The van der Waals surface area contributed by atoms with Crippen LogP contribution in [-0.2, 0) is 10.9 Å². The lowest BCUT2D eigenvalue weighted by Crippen LogP contribution is -2.05. The average molecular weight is 337 g/mol. The summed E-state index contributed by atoms with van der Waals surface area (Å²) in [6.45, 7) is 0. The van der Waals surface area contributed by atoms with Crippen molar-refractivity contribution in [3.63, 3.8) is 0 Å². The topological polar surface area (TPSA) is 51.2 Å². The number of rotatable bonds is 3. The Morgan fingerprint density at radius 1 is 1.43 bits per heavy atom. The zero-order chi connectivity index (χ0) is 15.6. The molecule has 0 saturated heterocycles. The van der Waals surface area contributed by atoms with Gasteiger partial charge in [-0.05, 0) is 18.2 Å². The van der Waals surface area contributed by atoms with Gasteiger partial charge in [0.1, 0.15) is 0 Å². The molecule has 1 aromatic carbocycles. The van der Waals surface area contributed by atoms with Crippen LogP contribution >= 0.6 is 22.9 Å². The van der Waals surface area contributed by atoms with Gasteiger partial charge < -0.3 is 10.1 Å². The SMILES string of the molecule is COC(=O)c1csc(Nc2ccc(C(F)(F)F)cc2Cl)n1. The molecule has 112 valence electrons. The number of hydrogen-bond donors (Lipinski definition) is 1. The number of esters is 1. The molecule has 2 aromatic rings. The van der Waals surface area contributed by atoms with Crippen LogP contribution in [0.2, 0.25) is 5.02 Å². The number of aromatic nitrogens is 1. The van der Waals surface area contributed by atoms with E-state index in [0.29, 0.717) is 5.13 Å². The number of carbonyl (C=O) groups excluding carboxylic acids is 1. The first-order valence-electron chi connectivity index (χ1n) is 5.49. The molecule has 0 radical (unpaired) electrons. The quantitative estimate of drug-likeness (QED) is 0.847. The van der Waals surface area contributed by atoms with E-state index in [1.54, 1.807) is 0 Å². The highest BCUT2D eigenvalue weighted by Crippen LogP contribution is 2.35. The average Bonchev–Trinajstić information content (AvgIpc) is 2.87. The van der Waals surface area contributed by atoms with E-state index in [0.717, 1.165) is 23.5 Å². The maximum absolute atomic E-state index is 12.5. The molecule has 0 aliphatic heterocycles. The lowest BCUT2D eigenvalue weighted by molar-refractivity contribution is -0.137. The van der Waals surface area contributed by atoms with Gasteiger partial charge in [0.15, 0.2) is 10.8 Å². The summed E-state index contributed by atoms with van der Waals surface area (Å²) in [5.74, 6) is -0.599. The number of thiazole rings is 1. The Morgan fingerprint density at radius 3 is 2.71 bits per heavy atom. The van der Waals surface area contributed by atoms with Crippen molar-refractivity contribution in [1.82, 2.24) is 4.98 Å². The third-order valence-corrected chi connectivity index (χ3v) is 3.51. The number of anilines is 2. The number of nitrogens with zero attached hydrogens (tertiary/aromatic N) is 1. The van der Waals surface area contributed by atoms with Crippen LogP contribution in [-0.4, -0.2) is 18.1 Å². The third-order valence-electron chi connectivity index (χ3n) is 2.44. The minimum atomic E-state index is -4.46. The second kappa shape index (κ2) is 5.90. The van der Waals surface area contributed by atoms with Crippen LogP contribution in [0, 0.1) is 0 Å². The lowest BCUT2D eigenvalue weighted by Gasteiger charge is -2.10. The summed E-state index contributed by atoms with van der Waals surface area (Å²) in [5.41, 5.74) is -0.476. The molecule has 0 fully saturated rings. The van der Waals surface area contributed by atoms with Crippen molar-refractivity contribution in [3.8, 4) is 0 Å². The van der Waals surface area contributed by atoms with Crippen molar-refractivity contribution < 1.29 is 22.7 Å². The van der Waals surface area contributed by atoms with Gasteiger partial charge in [0.25, 0.3) is 0 Å². The van der Waals surface area contributed by atoms with Crippen molar-refractivity contribution in [2.45, 2.75) is 6.18 Å². The predicted octanol–water partition coefficient (Wildman–Crippen LogP) is 4.35. The molecule has 0 amide bonds. The lowest BCUT2D eigenvalue weighted by atomic mass is 10.2. The van der Waals surface area contributed by atoms with Crippen LogP contribution in [0.4, 0.5) is 24.0 Å². The Morgan fingerprint density at radius 2 is 2.14 bits per heavy atom. The van der Waals surface area contributed by atoms with Gasteiger partial charge in [-0.3, -0.25) is 0 Å². The van der Waals surface area contributed by atoms with Gasteiger partial charge in [0.05, 0.1) is 23.4 Å². The van der Waals surface area contributed by atoms with E-state index in [1.165, 1.54) is 18.6 Å². The molecule has 2 rings (SSSR count). The van der Waals surface area contributed by atoms with E-state index < -0.39 is 17.7 Å². The van der Waals surface area contributed by atoms with Gasteiger partial charge >= 0.3 is 12.1 Å². The maximum atomic E-state index is 12.5. The monoisotopic (exact) mass is 336 g/mol. The smallest absolute Gasteiger partial charge is 0.416 e. The predicted molar refractivity (Wildman–Crippen MR) is 73.2 cm³/mol. The van der Waals surface area contributed by atoms with Crippen LogP contribution < -0.4 is 5.32 Å². The molecule has 0 aliphatic rings. The Kier molecular flexibility index (Phi) is 4.38. The number of methoxy groups -OCH3 is 1. The standard InChI is InChI=1S/C12H8ClF3N2O2S/c1-20-10(19)9-5-21-11(18-9)17-8-3-2-6(4-7(8)13)12(14,15)16/h2-5H,1H3,(H,17,18). The summed E-state index contributed by atoms with van der Waals surface area (Å²) >= 11 is 6.91. The number of benzene rings is 1. The molecule has 1 N–H and O–H groups in total. The van der Waals surface area contributed by atoms with Crippen molar-refractivity contribution in [2.75, 3.05) is 12.4 Å². The van der Waals surface area contributed by atoms with E-state index >= 15 is 0 Å². The summed E-state index contributed by atoms with van der Waals surface area (Å²) in [6, 6.07) is 2.92. The number of hydrogen-bond acceptors (Lipinski definition) is 5. The molecule has 0 unspecified atom stereocenters. The summed E-state index contributed by atoms with van der Waals surface area (Å²) in [7, 11) is 1.22. The van der Waals surface area contributed by atoms with E-state index in [2.05, 4.69) is 15.0 Å². The molecular formula is C12H8ClF3N2O2S. The van der Waals surface area contributed by atoms with Crippen LogP contribution in [0.1, 0.15) is 16.1 Å². The van der Waals surface area contributed by atoms with Crippen LogP contribution in [0.15, 0.2) is 23.6 Å². The first kappa shape index (κ1) is 15.6. The van der Waals surface area contributed by atoms with Crippen LogP contribution in [0.5, 0.6) is 0 Å². The Labute approximate surface area is 126 Å². The van der Waals surface area contributed by atoms with Crippen molar-refractivity contribution in [2.24, 2.45) is 0 Å². The molecule has 9 heteroatoms. The van der Waals surface area contributed by atoms with E-state index in [1.807, 2.05) is 0 Å². The van der Waals surface area contributed by atoms with Crippen molar-refractivity contribution >= 4 is 39.7 Å². The number of nitrogens with one attached hydrogen (secondary N) is 1. The zero-order valence-corrected chi connectivity index (χ0v) is 12.1. The summed E-state index contributed by atoms with van der Waals surface area (Å²) < 4.78 is 42.1. The van der Waals surface area contributed by atoms with E-state index in [-0.39, 0.29) is 16.4 Å². The number of alkyl halides is 3.